The van der Waals surface area contributed by atoms with Gasteiger partial charge in [0, 0.05) is 6.92 Å². The topological polar surface area (TPSA) is 101 Å². The Morgan fingerprint density at radius 1 is 1.25 bits per heavy atom. The highest BCUT2D eigenvalue weighted by atomic mass is 32.2. The first kappa shape index (κ1) is 16.2. The molecule has 0 aromatic heterocycles. The molecule has 0 spiro atoms. The van der Waals surface area contributed by atoms with Gasteiger partial charge in [-0.3, -0.25) is 4.79 Å². The van der Waals surface area contributed by atoms with Crippen LogP contribution in [0.1, 0.15) is 12.5 Å². The largest absolute Gasteiger partial charge is 0.480 e. The number of benzene rings is 1. The zero-order valence-electron chi connectivity index (χ0n) is 11.1. The van der Waals surface area contributed by atoms with Crippen molar-refractivity contribution in [3.05, 3.63) is 35.9 Å². The Labute approximate surface area is 117 Å². The zero-order valence-corrected chi connectivity index (χ0v) is 11.9. The first-order valence-electron chi connectivity index (χ1n) is 6.04. The summed E-state index contributed by atoms with van der Waals surface area (Å²) in [6.45, 7) is 1.15. The fourth-order valence-corrected chi connectivity index (χ4v) is 3.12. The van der Waals surface area contributed by atoms with E-state index in [1.165, 1.54) is 0 Å². The number of carbonyl (C=O) groups is 2. The van der Waals surface area contributed by atoms with Crippen LogP contribution in [0.3, 0.4) is 0 Å². The van der Waals surface area contributed by atoms with Crippen LogP contribution >= 0.6 is 0 Å². The van der Waals surface area contributed by atoms with Crippen LogP contribution in [0, 0.1) is 0 Å². The standard InChI is InChI=1S/C13H17NO5S/c1-10(15)14-12(13(16)17)9-20(18,19)8-7-11-5-3-2-4-6-11/h2-6,12H,7-9H2,1H3,(H,14,15)(H,16,17)/t12-/m0/s1. The third kappa shape index (κ3) is 5.83. The van der Waals surface area contributed by atoms with Crippen LogP contribution in [0.2, 0.25) is 0 Å². The monoisotopic (exact) mass is 299 g/mol. The number of nitrogens with one attached hydrogen (secondary N) is 1. The third-order valence-electron chi connectivity index (χ3n) is 2.64. The van der Waals surface area contributed by atoms with Gasteiger partial charge in [-0.15, -0.1) is 0 Å². The van der Waals surface area contributed by atoms with Gasteiger partial charge in [0.1, 0.15) is 6.04 Å². The minimum absolute atomic E-state index is 0.152. The lowest BCUT2D eigenvalue weighted by molar-refractivity contribution is -0.140. The van der Waals surface area contributed by atoms with E-state index in [9.17, 15) is 18.0 Å². The fourth-order valence-electron chi connectivity index (χ4n) is 1.68. The number of sulfone groups is 1. The zero-order chi connectivity index (χ0) is 15.2. The molecule has 0 unspecified atom stereocenters. The summed E-state index contributed by atoms with van der Waals surface area (Å²) in [6.07, 6.45) is 0.315. The maximum atomic E-state index is 11.9. The average molecular weight is 299 g/mol. The molecular formula is C13H17NO5S. The van der Waals surface area contributed by atoms with Gasteiger partial charge in [-0.2, -0.15) is 0 Å². The van der Waals surface area contributed by atoms with Crippen LogP contribution in [0.15, 0.2) is 30.3 Å². The first-order valence-corrected chi connectivity index (χ1v) is 7.86. The van der Waals surface area contributed by atoms with Gasteiger partial charge in [-0.1, -0.05) is 30.3 Å². The van der Waals surface area contributed by atoms with Crippen molar-refractivity contribution in [3.8, 4) is 0 Å². The molecule has 1 rings (SSSR count). The lowest BCUT2D eigenvalue weighted by Crippen LogP contribution is -2.45. The van der Waals surface area contributed by atoms with Crippen LogP contribution in [0.5, 0.6) is 0 Å². The molecule has 0 heterocycles. The van der Waals surface area contributed by atoms with Crippen LogP contribution in [-0.4, -0.2) is 42.9 Å². The average Bonchev–Trinajstić information content (AvgIpc) is 2.36. The molecule has 1 aromatic rings. The third-order valence-corrected chi connectivity index (χ3v) is 4.31. The van der Waals surface area contributed by atoms with Crippen molar-refractivity contribution < 1.29 is 23.1 Å². The van der Waals surface area contributed by atoms with Crippen molar-refractivity contribution in [2.24, 2.45) is 0 Å². The molecule has 0 saturated heterocycles. The SMILES string of the molecule is CC(=O)N[C@@H](CS(=O)(=O)CCc1ccccc1)C(=O)O. The molecule has 1 aromatic carbocycles. The Kier molecular flexibility index (Phi) is 5.69. The van der Waals surface area contributed by atoms with E-state index in [1.54, 1.807) is 24.3 Å². The molecule has 2 N–H and O–H groups in total. The van der Waals surface area contributed by atoms with Gasteiger partial charge in [0.05, 0.1) is 11.5 Å². The number of carboxylic acids is 1. The molecule has 0 aliphatic carbocycles. The summed E-state index contributed by atoms with van der Waals surface area (Å²) in [4.78, 5) is 21.8. The Balaban J connectivity index is 2.63. The van der Waals surface area contributed by atoms with Gasteiger partial charge >= 0.3 is 5.97 Å². The second-order valence-corrected chi connectivity index (χ2v) is 6.67. The Morgan fingerprint density at radius 3 is 2.35 bits per heavy atom. The van der Waals surface area contributed by atoms with Gasteiger partial charge in [-0.05, 0) is 12.0 Å². The van der Waals surface area contributed by atoms with E-state index in [1.807, 2.05) is 6.07 Å². The van der Waals surface area contributed by atoms with Gasteiger partial charge in [-0.25, -0.2) is 13.2 Å². The van der Waals surface area contributed by atoms with Gasteiger partial charge in [0.15, 0.2) is 9.84 Å². The lowest BCUT2D eigenvalue weighted by Gasteiger charge is -2.13. The highest BCUT2D eigenvalue weighted by Crippen LogP contribution is 2.04. The molecular weight excluding hydrogens is 282 g/mol. The first-order chi connectivity index (χ1) is 9.30. The van der Waals surface area contributed by atoms with E-state index in [2.05, 4.69) is 5.32 Å². The quantitative estimate of drug-likeness (QED) is 0.751. The summed E-state index contributed by atoms with van der Waals surface area (Å²) >= 11 is 0. The highest BCUT2D eigenvalue weighted by molar-refractivity contribution is 7.91. The number of carbonyl (C=O) groups excluding carboxylic acids is 1. The fraction of sp³-hybridized carbons (Fsp3) is 0.385. The van der Waals surface area contributed by atoms with Crippen molar-refractivity contribution in [3.63, 3.8) is 0 Å². The molecule has 7 heteroatoms. The molecule has 20 heavy (non-hydrogen) atoms. The van der Waals surface area contributed by atoms with Crippen molar-refractivity contribution >= 4 is 21.7 Å². The number of amides is 1. The van der Waals surface area contributed by atoms with Gasteiger partial charge in [0.25, 0.3) is 0 Å². The van der Waals surface area contributed by atoms with Crippen LogP contribution < -0.4 is 5.32 Å². The second-order valence-electron chi connectivity index (χ2n) is 4.44. The maximum absolute atomic E-state index is 11.9. The number of aryl methyl sites for hydroxylation is 1. The maximum Gasteiger partial charge on any atom is 0.327 e. The van der Waals surface area contributed by atoms with E-state index in [-0.39, 0.29) is 5.75 Å². The van der Waals surface area contributed by atoms with E-state index in [0.717, 1.165) is 12.5 Å². The number of rotatable bonds is 7. The van der Waals surface area contributed by atoms with E-state index < -0.39 is 33.5 Å². The highest BCUT2D eigenvalue weighted by Gasteiger charge is 2.25. The minimum atomic E-state index is -3.57. The number of hydrogen-bond acceptors (Lipinski definition) is 4. The molecule has 6 nitrogen and oxygen atoms in total. The molecule has 110 valence electrons. The Bertz CT molecular complexity index is 568. The van der Waals surface area contributed by atoms with E-state index in [4.69, 9.17) is 5.11 Å². The summed E-state index contributed by atoms with van der Waals surface area (Å²) in [5, 5.41) is 11.0. The molecule has 0 aliphatic heterocycles. The number of aliphatic carboxylic acids is 1. The van der Waals surface area contributed by atoms with Crippen LogP contribution in [-0.2, 0) is 25.8 Å². The smallest absolute Gasteiger partial charge is 0.327 e. The number of carboxylic acid groups (broad SMARTS) is 1. The molecule has 1 atom stereocenters. The molecule has 0 fully saturated rings. The van der Waals surface area contributed by atoms with Gasteiger partial charge < -0.3 is 10.4 Å². The second kappa shape index (κ2) is 7.04. The van der Waals surface area contributed by atoms with Crippen molar-refractivity contribution in [2.75, 3.05) is 11.5 Å². The molecule has 0 radical (unpaired) electrons. The molecule has 0 bridgehead atoms. The summed E-state index contributed by atoms with van der Waals surface area (Å²) in [6, 6.07) is 7.64. The molecule has 1 amide bonds. The summed E-state index contributed by atoms with van der Waals surface area (Å²) in [5.74, 6) is -2.69. The molecule has 0 aliphatic rings. The predicted molar refractivity (Wildman–Crippen MR) is 74.0 cm³/mol. The van der Waals surface area contributed by atoms with Crippen LogP contribution in [0.25, 0.3) is 0 Å². The summed E-state index contributed by atoms with van der Waals surface area (Å²) in [7, 11) is -3.57. The summed E-state index contributed by atoms with van der Waals surface area (Å²) in [5.41, 5.74) is 0.863. The van der Waals surface area contributed by atoms with Crippen molar-refractivity contribution in [2.45, 2.75) is 19.4 Å². The Hall–Kier alpha value is -1.89. The normalized spacial score (nSPS) is 12.7. The number of hydrogen-bond donors (Lipinski definition) is 2. The van der Waals surface area contributed by atoms with Crippen LogP contribution in [0.4, 0.5) is 0 Å². The summed E-state index contributed by atoms with van der Waals surface area (Å²) < 4.78 is 23.8. The Morgan fingerprint density at radius 2 is 1.85 bits per heavy atom. The lowest BCUT2D eigenvalue weighted by atomic mass is 10.2. The predicted octanol–water partition coefficient (Wildman–Crippen LogP) is 0.233. The van der Waals surface area contributed by atoms with Gasteiger partial charge in [0.2, 0.25) is 5.91 Å². The van der Waals surface area contributed by atoms with E-state index >= 15 is 0 Å². The van der Waals surface area contributed by atoms with Crippen molar-refractivity contribution in [1.29, 1.82) is 0 Å². The molecule has 0 saturated carbocycles. The van der Waals surface area contributed by atoms with Crippen molar-refractivity contribution in [1.82, 2.24) is 5.32 Å². The van der Waals surface area contributed by atoms with E-state index in [0.29, 0.717) is 6.42 Å². The minimum Gasteiger partial charge on any atom is -0.480 e.